The number of carbonyl (C=O) groups excluding carboxylic acids is 1. The molecule has 0 atom stereocenters. The number of imidazole rings is 1. The van der Waals surface area contributed by atoms with Crippen molar-refractivity contribution in [2.75, 3.05) is 22.9 Å². The number of hydrogen-bond donors (Lipinski definition) is 1. The molecule has 2 heterocycles. The maximum absolute atomic E-state index is 13.2. The van der Waals surface area contributed by atoms with Crippen LogP contribution < -0.4 is 9.62 Å². The molecule has 0 saturated carbocycles. The van der Waals surface area contributed by atoms with Crippen LogP contribution in [0.3, 0.4) is 0 Å². The van der Waals surface area contributed by atoms with Crippen molar-refractivity contribution in [3.05, 3.63) is 77.9 Å². The fourth-order valence-corrected chi connectivity index (χ4v) is 4.15. The van der Waals surface area contributed by atoms with Crippen molar-refractivity contribution in [1.29, 1.82) is 0 Å². The maximum atomic E-state index is 13.2. The largest absolute Gasteiger partial charge is 0.296 e. The van der Waals surface area contributed by atoms with Gasteiger partial charge < -0.3 is 0 Å². The Kier molecular flexibility index (Phi) is 5.76. The third kappa shape index (κ3) is 4.53. The van der Waals surface area contributed by atoms with Gasteiger partial charge in [-0.3, -0.25) is 19.0 Å². The molecule has 4 aromatic rings. The quantitative estimate of drug-likeness (QED) is 0.462. The third-order valence-electron chi connectivity index (χ3n) is 4.72. The molecule has 2 aromatic carbocycles. The monoisotopic (exact) mass is 471 g/mol. The number of benzene rings is 2. The van der Waals surface area contributed by atoms with E-state index in [1.54, 1.807) is 46.3 Å². The average molecular weight is 472 g/mol. The average Bonchev–Trinajstić information content (AvgIpc) is 3.43. The molecule has 0 saturated heterocycles. The number of carbonyl (C=O) groups is 1. The molecule has 0 bridgehead atoms. The second-order valence-electron chi connectivity index (χ2n) is 6.89. The number of halogens is 1. The normalized spacial score (nSPS) is 11.3. The van der Waals surface area contributed by atoms with Crippen LogP contribution in [0.15, 0.2) is 66.4 Å². The van der Waals surface area contributed by atoms with Gasteiger partial charge in [-0.05, 0) is 36.4 Å². The standard InChI is InChI=1S/C21H18FN5O3S2/c1-26(32(2,29)30)16-7-3-14(4-8-16)18-12-31-21(24-18)25-20(28)19-11-23-13-27(19)17-9-5-15(22)6-10-17/h3-13H,1-2H3,(H,24,25,28). The van der Waals surface area contributed by atoms with E-state index in [2.05, 4.69) is 15.3 Å². The van der Waals surface area contributed by atoms with Gasteiger partial charge in [0.1, 0.15) is 11.5 Å². The minimum Gasteiger partial charge on any atom is -0.296 e. The first-order valence-corrected chi connectivity index (χ1v) is 12.0. The van der Waals surface area contributed by atoms with Gasteiger partial charge >= 0.3 is 0 Å². The van der Waals surface area contributed by atoms with Crippen LogP contribution in [0.1, 0.15) is 10.5 Å². The number of nitrogens with one attached hydrogen (secondary N) is 1. The van der Waals surface area contributed by atoms with Crippen LogP contribution in [-0.2, 0) is 10.0 Å². The predicted molar refractivity (Wildman–Crippen MR) is 122 cm³/mol. The summed E-state index contributed by atoms with van der Waals surface area (Å²) in [6.07, 6.45) is 4.03. The molecule has 4 rings (SSSR count). The van der Waals surface area contributed by atoms with E-state index in [-0.39, 0.29) is 11.5 Å². The van der Waals surface area contributed by atoms with E-state index in [1.807, 2.05) is 0 Å². The highest BCUT2D eigenvalue weighted by Gasteiger charge is 2.16. The molecule has 2 aromatic heterocycles. The topological polar surface area (TPSA) is 97.2 Å². The number of hydrogen-bond acceptors (Lipinski definition) is 6. The van der Waals surface area contributed by atoms with Crippen molar-refractivity contribution in [1.82, 2.24) is 14.5 Å². The van der Waals surface area contributed by atoms with Crippen LogP contribution in [0, 0.1) is 5.82 Å². The molecule has 0 spiro atoms. The number of thiazole rings is 1. The van der Waals surface area contributed by atoms with Crippen LogP contribution >= 0.6 is 11.3 Å². The molecule has 164 valence electrons. The van der Waals surface area contributed by atoms with Crippen molar-refractivity contribution in [2.45, 2.75) is 0 Å². The molecule has 0 aliphatic rings. The number of nitrogens with zero attached hydrogens (tertiary/aromatic N) is 4. The lowest BCUT2D eigenvalue weighted by molar-refractivity contribution is 0.102. The van der Waals surface area contributed by atoms with Crippen molar-refractivity contribution in [3.8, 4) is 16.9 Å². The second kappa shape index (κ2) is 8.52. The molecule has 11 heteroatoms. The molecule has 1 N–H and O–H groups in total. The SMILES string of the molecule is CN(c1ccc(-c2csc(NC(=O)c3cncn3-c3ccc(F)cc3)n2)cc1)S(C)(=O)=O. The summed E-state index contributed by atoms with van der Waals surface area (Å²) in [4.78, 5) is 21.2. The molecule has 1 amide bonds. The van der Waals surface area contributed by atoms with Crippen molar-refractivity contribution in [2.24, 2.45) is 0 Å². The van der Waals surface area contributed by atoms with Crippen molar-refractivity contribution in [3.63, 3.8) is 0 Å². The third-order valence-corrected chi connectivity index (χ3v) is 6.69. The Labute approximate surface area is 188 Å². The van der Waals surface area contributed by atoms with Crippen LogP contribution in [-0.4, -0.2) is 42.2 Å². The van der Waals surface area contributed by atoms with Gasteiger partial charge in [-0.25, -0.2) is 22.8 Å². The van der Waals surface area contributed by atoms with Gasteiger partial charge in [0.15, 0.2) is 5.13 Å². The van der Waals surface area contributed by atoms with Gasteiger partial charge in [-0.2, -0.15) is 0 Å². The number of amides is 1. The van der Waals surface area contributed by atoms with Crippen LogP contribution in [0.25, 0.3) is 16.9 Å². The molecule has 0 aliphatic heterocycles. The molecule has 8 nitrogen and oxygen atoms in total. The first-order chi connectivity index (χ1) is 15.2. The van der Waals surface area contributed by atoms with Gasteiger partial charge in [0.05, 0.1) is 30.2 Å². The van der Waals surface area contributed by atoms with Crippen molar-refractivity contribution >= 4 is 38.1 Å². The number of sulfonamides is 1. The zero-order valence-corrected chi connectivity index (χ0v) is 18.7. The molecular weight excluding hydrogens is 453 g/mol. The Hall–Kier alpha value is -3.57. The molecule has 0 unspecified atom stereocenters. The maximum Gasteiger partial charge on any atom is 0.276 e. The van der Waals surface area contributed by atoms with E-state index in [4.69, 9.17) is 0 Å². The summed E-state index contributed by atoms with van der Waals surface area (Å²) >= 11 is 1.26. The Morgan fingerprint density at radius 3 is 2.47 bits per heavy atom. The zero-order valence-electron chi connectivity index (χ0n) is 17.1. The summed E-state index contributed by atoms with van der Waals surface area (Å²) in [5.41, 5.74) is 2.85. The highest BCUT2D eigenvalue weighted by atomic mass is 32.2. The second-order valence-corrected chi connectivity index (χ2v) is 9.77. The molecule has 0 radical (unpaired) electrons. The van der Waals surface area contributed by atoms with E-state index >= 15 is 0 Å². The fraction of sp³-hybridized carbons (Fsp3) is 0.0952. The van der Waals surface area contributed by atoms with Gasteiger partial charge in [-0.1, -0.05) is 12.1 Å². The predicted octanol–water partition coefficient (Wildman–Crippen LogP) is 3.78. The van der Waals surface area contributed by atoms with Gasteiger partial charge in [0.25, 0.3) is 5.91 Å². The Balaban J connectivity index is 1.50. The van der Waals surface area contributed by atoms with Crippen LogP contribution in [0.4, 0.5) is 15.2 Å². The number of rotatable bonds is 6. The summed E-state index contributed by atoms with van der Waals surface area (Å²) in [5, 5.41) is 4.94. The van der Waals surface area contributed by atoms with Gasteiger partial charge in [0.2, 0.25) is 10.0 Å². The minimum absolute atomic E-state index is 0.279. The van der Waals surface area contributed by atoms with E-state index in [0.717, 1.165) is 11.8 Å². The Bertz CT molecular complexity index is 1360. The Morgan fingerprint density at radius 2 is 1.81 bits per heavy atom. The van der Waals surface area contributed by atoms with E-state index in [0.29, 0.717) is 22.2 Å². The summed E-state index contributed by atoms with van der Waals surface area (Å²) in [6.45, 7) is 0. The lowest BCUT2D eigenvalue weighted by Gasteiger charge is -2.16. The van der Waals surface area contributed by atoms with Crippen LogP contribution in [0.5, 0.6) is 0 Å². The molecule has 32 heavy (non-hydrogen) atoms. The van der Waals surface area contributed by atoms with Crippen LogP contribution in [0.2, 0.25) is 0 Å². The highest BCUT2D eigenvalue weighted by Crippen LogP contribution is 2.27. The molecule has 0 fully saturated rings. The van der Waals surface area contributed by atoms with Gasteiger partial charge in [-0.15, -0.1) is 11.3 Å². The Morgan fingerprint density at radius 1 is 1.12 bits per heavy atom. The first kappa shape index (κ1) is 21.7. The zero-order chi connectivity index (χ0) is 22.9. The smallest absolute Gasteiger partial charge is 0.276 e. The van der Waals surface area contributed by atoms with E-state index < -0.39 is 15.9 Å². The van der Waals surface area contributed by atoms with E-state index in [1.165, 1.54) is 47.3 Å². The lowest BCUT2D eigenvalue weighted by Crippen LogP contribution is -2.24. The summed E-state index contributed by atoms with van der Waals surface area (Å²) in [6, 6.07) is 12.6. The molecular formula is C21H18FN5O3S2. The van der Waals surface area contributed by atoms with Gasteiger partial charge in [0, 0.05) is 23.7 Å². The highest BCUT2D eigenvalue weighted by molar-refractivity contribution is 7.92. The summed E-state index contributed by atoms with van der Waals surface area (Å²) in [7, 11) is -1.86. The van der Waals surface area contributed by atoms with E-state index in [9.17, 15) is 17.6 Å². The lowest BCUT2D eigenvalue weighted by atomic mass is 10.1. The summed E-state index contributed by atoms with van der Waals surface area (Å²) in [5.74, 6) is -0.774. The van der Waals surface area contributed by atoms with Crippen molar-refractivity contribution < 1.29 is 17.6 Å². The number of anilines is 2. The first-order valence-electron chi connectivity index (χ1n) is 9.32. The minimum atomic E-state index is -3.34. The summed E-state index contributed by atoms with van der Waals surface area (Å²) < 4.78 is 39.3. The number of aromatic nitrogens is 3. The fourth-order valence-electron chi connectivity index (χ4n) is 2.93. The molecule has 0 aliphatic carbocycles.